The summed E-state index contributed by atoms with van der Waals surface area (Å²) in [5, 5.41) is 20.3. The highest BCUT2D eigenvalue weighted by molar-refractivity contribution is 5.99. The molecule has 3 aromatic rings. The molecule has 1 aliphatic rings. The number of benzene rings is 2. The number of nitrogens with one attached hydrogen (secondary N) is 5. The van der Waals surface area contributed by atoms with Crippen molar-refractivity contribution in [3.8, 4) is 17.3 Å². The maximum Gasteiger partial charge on any atom is 0.315 e. The standard InChI is InChI=1S/C22H19N7O3/c1-12-5-7-14(8-6-12)26-21-28-18(16(10-23)19(30)29-21)13-3-2-4-15(9-13)25-20(31)17-11-24-22(32)27-17/h2-9,17H,11H2,1H3,(H,25,31)(H2,24,27,32)(H2,26,28,29,30). The number of urea groups is 1. The number of hydrogen-bond acceptors (Lipinski definition) is 6. The predicted octanol–water partition coefficient (Wildman–Crippen LogP) is 1.98. The largest absolute Gasteiger partial charge is 0.336 e. The molecule has 1 aliphatic heterocycles. The van der Waals surface area contributed by atoms with Gasteiger partial charge in [-0.25, -0.2) is 9.78 Å². The molecule has 1 fully saturated rings. The molecule has 2 aromatic carbocycles. The van der Waals surface area contributed by atoms with Crippen LogP contribution in [0.3, 0.4) is 0 Å². The van der Waals surface area contributed by atoms with Gasteiger partial charge >= 0.3 is 6.03 Å². The second-order valence-electron chi connectivity index (χ2n) is 7.22. The van der Waals surface area contributed by atoms with Gasteiger partial charge in [0.25, 0.3) is 5.56 Å². The maximum absolute atomic E-state index is 12.5. The van der Waals surface area contributed by atoms with Crippen LogP contribution < -0.4 is 26.8 Å². The van der Waals surface area contributed by atoms with Crippen molar-refractivity contribution in [3.05, 3.63) is 70.0 Å². The van der Waals surface area contributed by atoms with Crippen molar-refractivity contribution in [1.29, 1.82) is 5.26 Å². The summed E-state index contributed by atoms with van der Waals surface area (Å²) >= 11 is 0. The number of rotatable bonds is 5. The van der Waals surface area contributed by atoms with Gasteiger partial charge in [-0.2, -0.15) is 5.26 Å². The van der Waals surface area contributed by atoms with Crippen LogP contribution in [0.5, 0.6) is 0 Å². The van der Waals surface area contributed by atoms with E-state index in [4.69, 9.17) is 0 Å². The lowest BCUT2D eigenvalue weighted by Gasteiger charge is -2.12. The topological polar surface area (TPSA) is 152 Å². The molecule has 1 aromatic heterocycles. The molecule has 10 nitrogen and oxygen atoms in total. The third-order valence-electron chi connectivity index (χ3n) is 4.84. The Balaban J connectivity index is 1.64. The van der Waals surface area contributed by atoms with Gasteiger partial charge in [-0.15, -0.1) is 0 Å². The molecule has 0 bridgehead atoms. The van der Waals surface area contributed by atoms with Crippen molar-refractivity contribution in [3.63, 3.8) is 0 Å². The highest BCUT2D eigenvalue weighted by Gasteiger charge is 2.26. The van der Waals surface area contributed by atoms with E-state index in [-0.39, 0.29) is 29.7 Å². The van der Waals surface area contributed by atoms with E-state index in [9.17, 15) is 19.6 Å². The number of carbonyl (C=O) groups is 2. The van der Waals surface area contributed by atoms with Gasteiger partial charge in [0, 0.05) is 23.5 Å². The first-order chi connectivity index (χ1) is 15.4. The Morgan fingerprint density at radius 2 is 1.94 bits per heavy atom. The van der Waals surface area contributed by atoms with Crippen LogP contribution in [0.25, 0.3) is 11.3 Å². The van der Waals surface area contributed by atoms with Crippen LogP contribution in [0.2, 0.25) is 0 Å². The van der Waals surface area contributed by atoms with Crippen molar-refractivity contribution in [2.24, 2.45) is 0 Å². The second-order valence-corrected chi connectivity index (χ2v) is 7.22. The minimum absolute atomic E-state index is 0.143. The normalized spacial score (nSPS) is 14.8. The summed E-state index contributed by atoms with van der Waals surface area (Å²) in [6.45, 7) is 2.15. The predicted molar refractivity (Wildman–Crippen MR) is 118 cm³/mol. The lowest BCUT2D eigenvalue weighted by molar-refractivity contribution is -0.117. The number of aryl methyl sites for hydroxylation is 1. The average molecular weight is 429 g/mol. The molecule has 1 saturated heterocycles. The zero-order valence-electron chi connectivity index (χ0n) is 17.0. The van der Waals surface area contributed by atoms with Crippen LogP contribution in [0.15, 0.2) is 53.3 Å². The molecular weight excluding hydrogens is 410 g/mol. The summed E-state index contributed by atoms with van der Waals surface area (Å²) in [5.41, 5.74) is 2.18. The first-order valence-corrected chi connectivity index (χ1v) is 9.77. The summed E-state index contributed by atoms with van der Waals surface area (Å²) in [7, 11) is 0. The monoisotopic (exact) mass is 429 g/mol. The molecule has 0 radical (unpaired) electrons. The molecule has 32 heavy (non-hydrogen) atoms. The van der Waals surface area contributed by atoms with Crippen LogP contribution in [0.1, 0.15) is 11.1 Å². The smallest absolute Gasteiger partial charge is 0.315 e. The van der Waals surface area contributed by atoms with Crippen molar-refractivity contribution >= 4 is 29.3 Å². The molecule has 0 aliphatic carbocycles. The van der Waals surface area contributed by atoms with Crippen molar-refractivity contribution in [1.82, 2.24) is 20.6 Å². The lowest BCUT2D eigenvalue weighted by atomic mass is 10.1. The number of nitriles is 1. The molecular formula is C22H19N7O3. The van der Waals surface area contributed by atoms with E-state index in [0.717, 1.165) is 11.3 Å². The molecule has 0 spiro atoms. The number of H-pyrrole nitrogens is 1. The molecule has 1 unspecified atom stereocenters. The number of amides is 3. The minimum Gasteiger partial charge on any atom is -0.336 e. The molecule has 1 atom stereocenters. The number of anilines is 3. The number of hydrogen-bond donors (Lipinski definition) is 5. The molecule has 4 rings (SSSR count). The fourth-order valence-corrected chi connectivity index (χ4v) is 3.21. The average Bonchev–Trinajstić information content (AvgIpc) is 3.22. The fraction of sp³-hybridized carbons (Fsp3) is 0.136. The summed E-state index contributed by atoms with van der Waals surface area (Å²) in [4.78, 5) is 43.1. The van der Waals surface area contributed by atoms with E-state index in [2.05, 4.69) is 31.2 Å². The highest BCUT2D eigenvalue weighted by atomic mass is 16.2. The van der Waals surface area contributed by atoms with Crippen LogP contribution in [-0.4, -0.2) is 34.5 Å². The molecule has 2 heterocycles. The summed E-state index contributed by atoms with van der Waals surface area (Å²) in [6, 6.07) is 15.0. The number of aromatic amines is 1. The molecule has 0 saturated carbocycles. The Morgan fingerprint density at radius 3 is 2.62 bits per heavy atom. The van der Waals surface area contributed by atoms with Gasteiger partial charge < -0.3 is 21.3 Å². The summed E-state index contributed by atoms with van der Waals surface area (Å²) in [5.74, 6) is -0.205. The zero-order chi connectivity index (χ0) is 22.7. The Hall–Kier alpha value is -4.65. The van der Waals surface area contributed by atoms with Crippen LogP contribution in [-0.2, 0) is 4.79 Å². The zero-order valence-corrected chi connectivity index (χ0v) is 17.0. The Morgan fingerprint density at radius 1 is 1.16 bits per heavy atom. The number of aromatic nitrogens is 2. The van der Waals surface area contributed by atoms with E-state index in [0.29, 0.717) is 11.3 Å². The highest BCUT2D eigenvalue weighted by Crippen LogP contribution is 2.24. The lowest BCUT2D eigenvalue weighted by Crippen LogP contribution is -2.38. The Labute approximate surface area is 182 Å². The third kappa shape index (κ3) is 4.41. The molecule has 10 heteroatoms. The number of carbonyl (C=O) groups excluding carboxylic acids is 2. The van der Waals surface area contributed by atoms with Gasteiger partial charge in [0.05, 0.1) is 5.69 Å². The first-order valence-electron chi connectivity index (χ1n) is 9.77. The maximum atomic E-state index is 12.5. The van der Waals surface area contributed by atoms with Gasteiger partial charge in [0.15, 0.2) is 0 Å². The second kappa shape index (κ2) is 8.61. The van der Waals surface area contributed by atoms with Crippen LogP contribution in [0.4, 0.5) is 22.1 Å². The van der Waals surface area contributed by atoms with Gasteiger partial charge in [-0.05, 0) is 31.2 Å². The molecule has 3 amide bonds. The van der Waals surface area contributed by atoms with Gasteiger partial charge in [0.1, 0.15) is 17.7 Å². The van der Waals surface area contributed by atoms with E-state index in [1.54, 1.807) is 24.3 Å². The van der Waals surface area contributed by atoms with Crippen molar-refractivity contribution in [2.45, 2.75) is 13.0 Å². The minimum atomic E-state index is -0.691. The van der Waals surface area contributed by atoms with Crippen LogP contribution >= 0.6 is 0 Å². The SMILES string of the molecule is Cc1ccc(Nc2nc(-c3cccc(NC(=O)C4CNC(=O)N4)c3)c(C#N)c(=O)[nH]2)cc1. The first kappa shape index (κ1) is 20.6. The van der Waals surface area contributed by atoms with Gasteiger partial charge in [-0.1, -0.05) is 29.8 Å². The Kier molecular flexibility index (Phi) is 5.55. The summed E-state index contributed by atoms with van der Waals surface area (Å²) in [6.07, 6.45) is 0. The van der Waals surface area contributed by atoms with E-state index in [1.165, 1.54) is 0 Å². The number of nitrogens with zero attached hydrogens (tertiary/aromatic N) is 2. The fourth-order valence-electron chi connectivity index (χ4n) is 3.21. The van der Waals surface area contributed by atoms with E-state index in [1.807, 2.05) is 37.3 Å². The molecule has 160 valence electrons. The quantitative estimate of drug-likeness (QED) is 0.418. The molecule has 5 N–H and O–H groups in total. The van der Waals surface area contributed by atoms with E-state index >= 15 is 0 Å². The van der Waals surface area contributed by atoms with Crippen molar-refractivity contribution in [2.75, 3.05) is 17.2 Å². The van der Waals surface area contributed by atoms with Crippen LogP contribution in [0, 0.1) is 18.3 Å². The van der Waals surface area contributed by atoms with Gasteiger partial charge in [-0.3, -0.25) is 14.6 Å². The summed E-state index contributed by atoms with van der Waals surface area (Å²) < 4.78 is 0. The van der Waals surface area contributed by atoms with Crippen molar-refractivity contribution < 1.29 is 9.59 Å². The third-order valence-corrected chi connectivity index (χ3v) is 4.84. The van der Waals surface area contributed by atoms with Gasteiger partial charge in [0.2, 0.25) is 11.9 Å². The Bertz CT molecular complexity index is 1290. The van der Waals surface area contributed by atoms with E-state index < -0.39 is 17.6 Å².